The van der Waals surface area contributed by atoms with E-state index in [9.17, 15) is 8.42 Å². The lowest BCUT2D eigenvalue weighted by Crippen LogP contribution is -2.25. The molecule has 0 bridgehead atoms. The SMILES string of the molecule is COCCCNS(=O)(=O)c1cn[nH]c1. The summed E-state index contributed by atoms with van der Waals surface area (Å²) in [6.45, 7) is 0.898. The molecule has 1 aromatic heterocycles. The van der Waals surface area contributed by atoms with E-state index in [-0.39, 0.29) is 4.90 Å². The Balaban J connectivity index is 2.44. The monoisotopic (exact) mass is 219 g/mol. The fourth-order valence-corrected chi connectivity index (χ4v) is 1.87. The fraction of sp³-hybridized carbons (Fsp3) is 0.571. The quantitative estimate of drug-likeness (QED) is 0.645. The predicted molar refractivity (Wildman–Crippen MR) is 50.3 cm³/mol. The Morgan fingerprint density at radius 1 is 1.64 bits per heavy atom. The van der Waals surface area contributed by atoms with Crippen LogP contribution in [0.3, 0.4) is 0 Å². The predicted octanol–water partition coefficient (Wildman–Crippen LogP) is -0.275. The average molecular weight is 219 g/mol. The summed E-state index contributed by atoms with van der Waals surface area (Å²) in [5.41, 5.74) is 0. The van der Waals surface area contributed by atoms with Crippen molar-refractivity contribution in [3.05, 3.63) is 12.4 Å². The highest BCUT2D eigenvalue weighted by atomic mass is 32.2. The zero-order valence-corrected chi connectivity index (χ0v) is 8.67. The van der Waals surface area contributed by atoms with Gasteiger partial charge in [0.05, 0.1) is 6.20 Å². The standard InChI is InChI=1S/C7H13N3O3S/c1-13-4-2-3-10-14(11,12)7-5-8-9-6-7/h5-6,10H,2-4H2,1H3,(H,8,9). The van der Waals surface area contributed by atoms with Crippen LogP contribution in [0.25, 0.3) is 0 Å². The van der Waals surface area contributed by atoms with Gasteiger partial charge in [-0.2, -0.15) is 5.10 Å². The maximum absolute atomic E-state index is 11.4. The van der Waals surface area contributed by atoms with Gasteiger partial charge in [0.1, 0.15) is 4.90 Å². The number of H-pyrrole nitrogens is 1. The van der Waals surface area contributed by atoms with Gasteiger partial charge in [0.2, 0.25) is 10.0 Å². The van der Waals surface area contributed by atoms with E-state index in [4.69, 9.17) is 4.74 Å². The van der Waals surface area contributed by atoms with Gasteiger partial charge in [-0.15, -0.1) is 0 Å². The lowest BCUT2D eigenvalue weighted by Gasteiger charge is -2.03. The van der Waals surface area contributed by atoms with E-state index < -0.39 is 10.0 Å². The first-order valence-electron chi connectivity index (χ1n) is 4.14. The molecule has 0 spiro atoms. The molecular formula is C7H13N3O3S. The Labute approximate surface area is 82.7 Å². The Bertz CT molecular complexity index is 346. The molecule has 1 aromatic rings. The van der Waals surface area contributed by atoms with Crippen LogP contribution in [-0.2, 0) is 14.8 Å². The largest absolute Gasteiger partial charge is 0.385 e. The summed E-state index contributed by atoms with van der Waals surface area (Å²) in [6, 6.07) is 0. The number of methoxy groups -OCH3 is 1. The normalized spacial score (nSPS) is 11.8. The van der Waals surface area contributed by atoms with Crippen molar-refractivity contribution in [3.63, 3.8) is 0 Å². The summed E-state index contributed by atoms with van der Waals surface area (Å²) in [7, 11) is -1.82. The molecule has 0 amide bonds. The molecule has 0 aliphatic rings. The molecule has 1 rings (SSSR count). The van der Waals surface area contributed by atoms with E-state index in [1.54, 1.807) is 7.11 Å². The molecule has 0 fully saturated rings. The van der Waals surface area contributed by atoms with Crippen molar-refractivity contribution in [2.24, 2.45) is 0 Å². The van der Waals surface area contributed by atoms with Gasteiger partial charge in [0, 0.05) is 26.5 Å². The van der Waals surface area contributed by atoms with Crippen LogP contribution in [0.15, 0.2) is 17.3 Å². The molecule has 0 aliphatic heterocycles. The van der Waals surface area contributed by atoms with E-state index >= 15 is 0 Å². The number of sulfonamides is 1. The first kappa shape index (κ1) is 11.2. The number of aromatic amines is 1. The number of hydrogen-bond donors (Lipinski definition) is 2. The molecule has 0 saturated heterocycles. The van der Waals surface area contributed by atoms with Crippen molar-refractivity contribution in [3.8, 4) is 0 Å². The number of hydrogen-bond acceptors (Lipinski definition) is 4. The van der Waals surface area contributed by atoms with Gasteiger partial charge in [-0.1, -0.05) is 0 Å². The number of rotatable bonds is 6. The Morgan fingerprint density at radius 3 is 3.00 bits per heavy atom. The lowest BCUT2D eigenvalue weighted by atomic mass is 10.5. The van der Waals surface area contributed by atoms with Crippen LogP contribution in [0.4, 0.5) is 0 Å². The van der Waals surface area contributed by atoms with Gasteiger partial charge in [-0.25, -0.2) is 13.1 Å². The van der Waals surface area contributed by atoms with E-state index in [2.05, 4.69) is 14.9 Å². The fourth-order valence-electron chi connectivity index (χ4n) is 0.892. The summed E-state index contributed by atoms with van der Waals surface area (Å²) in [5.74, 6) is 0. The molecule has 0 aromatic carbocycles. The number of aromatic nitrogens is 2. The first-order chi connectivity index (χ1) is 6.67. The van der Waals surface area contributed by atoms with Crippen LogP contribution in [0.5, 0.6) is 0 Å². The second-order valence-corrected chi connectivity index (χ2v) is 4.45. The van der Waals surface area contributed by atoms with Crippen molar-refractivity contribution in [2.75, 3.05) is 20.3 Å². The zero-order valence-electron chi connectivity index (χ0n) is 7.86. The van der Waals surface area contributed by atoms with Gasteiger partial charge < -0.3 is 4.74 Å². The summed E-state index contributed by atoms with van der Waals surface area (Å²) in [6.07, 6.45) is 3.24. The van der Waals surface area contributed by atoms with Gasteiger partial charge in [0.25, 0.3) is 0 Å². The highest BCUT2D eigenvalue weighted by Gasteiger charge is 2.13. The van der Waals surface area contributed by atoms with Crippen LogP contribution in [0.1, 0.15) is 6.42 Å². The molecule has 0 aliphatic carbocycles. The summed E-state index contributed by atoms with van der Waals surface area (Å²) in [5, 5.41) is 6.01. The molecule has 14 heavy (non-hydrogen) atoms. The molecule has 0 saturated carbocycles. The van der Waals surface area contributed by atoms with Crippen molar-refractivity contribution >= 4 is 10.0 Å². The number of nitrogens with one attached hydrogen (secondary N) is 2. The minimum atomic E-state index is -3.40. The lowest BCUT2D eigenvalue weighted by molar-refractivity contribution is 0.196. The third-order valence-corrected chi connectivity index (χ3v) is 3.03. The van der Waals surface area contributed by atoms with Crippen LogP contribution in [0, 0.1) is 0 Å². The molecule has 6 nitrogen and oxygen atoms in total. The van der Waals surface area contributed by atoms with E-state index in [1.807, 2.05) is 0 Å². The van der Waals surface area contributed by atoms with Crippen molar-refractivity contribution in [2.45, 2.75) is 11.3 Å². The molecular weight excluding hydrogens is 206 g/mol. The smallest absolute Gasteiger partial charge is 0.243 e. The topological polar surface area (TPSA) is 84.1 Å². The summed E-state index contributed by atoms with van der Waals surface area (Å²) in [4.78, 5) is 0.148. The third kappa shape index (κ3) is 3.09. The van der Waals surface area contributed by atoms with Gasteiger partial charge >= 0.3 is 0 Å². The molecule has 0 radical (unpaired) electrons. The van der Waals surface area contributed by atoms with E-state index in [0.29, 0.717) is 19.6 Å². The number of ether oxygens (including phenoxy) is 1. The highest BCUT2D eigenvalue weighted by Crippen LogP contribution is 2.03. The molecule has 1 heterocycles. The van der Waals surface area contributed by atoms with E-state index in [0.717, 1.165) is 0 Å². The van der Waals surface area contributed by atoms with Gasteiger partial charge in [0.15, 0.2) is 0 Å². The maximum atomic E-state index is 11.4. The van der Waals surface area contributed by atoms with Crippen LogP contribution < -0.4 is 4.72 Å². The van der Waals surface area contributed by atoms with Gasteiger partial charge in [-0.05, 0) is 6.42 Å². The van der Waals surface area contributed by atoms with Crippen molar-refractivity contribution < 1.29 is 13.2 Å². The molecule has 80 valence electrons. The minimum absolute atomic E-state index is 0.148. The van der Waals surface area contributed by atoms with Crippen LogP contribution >= 0.6 is 0 Å². The van der Waals surface area contributed by atoms with Crippen molar-refractivity contribution in [1.29, 1.82) is 0 Å². The third-order valence-electron chi connectivity index (χ3n) is 1.60. The second-order valence-electron chi connectivity index (χ2n) is 2.68. The molecule has 0 unspecified atom stereocenters. The molecule has 2 N–H and O–H groups in total. The van der Waals surface area contributed by atoms with Gasteiger partial charge in [-0.3, -0.25) is 5.10 Å². The molecule has 7 heteroatoms. The summed E-state index contributed by atoms with van der Waals surface area (Å²) >= 11 is 0. The average Bonchev–Trinajstić information content (AvgIpc) is 2.65. The Morgan fingerprint density at radius 2 is 2.43 bits per heavy atom. The van der Waals surface area contributed by atoms with Crippen LogP contribution in [-0.4, -0.2) is 38.9 Å². The van der Waals surface area contributed by atoms with Crippen molar-refractivity contribution in [1.82, 2.24) is 14.9 Å². The van der Waals surface area contributed by atoms with E-state index in [1.165, 1.54) is 12.4 Å². The Kier molecular flexibility index (Phi) is 4.05. The Hall–Kier alpha value is -0.920. The van der Waals surface area contributed by atoms with Crippen LogP contribution in [0.2, 0.25) is 0 Å². The summed E-state index contributed by atoms with van der Waals surface area (Å²) < 4.78 is 30.1. The minimum Gasteiger partial charge on any atom is -0.385 e. The number of nitrogens with zero attached hydrogens (tertiary/aromatic N) is 1. The molecule has 0 atom stereocenters. The second kappa shape index (κ2) is 5.08. The first-order valence-corrected chi connectivity index (χ1v) is 5.62. The zero-order chi connectivity index (χ0) is 10.4. The maximum Gasteiger partial charge on any atom is 0.243 e. The highest BCUT2D eigenvalue weighted by molar-refractivity contribution is 7.89.